The van der Waals surface area contributed by atoms with Crippen LogP contribution < -0.4 is 15.5 Å². The zero-order valence-electron chi connectivity index (χ0n) is 23.0. The van der Waals surface area contributed by atoms with Gasteiger partial charge in [0.1, 0.15) is 24.0 Å². The number of fused-ring (bicyclic) bond motifs is 2. The van der Waals surface area contributed by atoms with Crippen LogP contribution in [0.15, 0.2) is 48.9 Å². The molecule has 6 rings (SSSR count). The van der Waals surface area contributed by atoms with Gasteiger partial charge in [-0.1, -0.05) is 0 Å². The van der Waals surface area contributed by atoms with Gasteiger partial charge in [0.15, 0.2) is 5.82 Å². The molecule has 4 heterocycles. The number of anilines is 2. The number of aromatic nitrogens is 3. The molecule has 10 heteroatoms. The molecule has 8 nitrogen and oxygen atoms in total. The average molecular weight is 529 g/mol. The van der Waals surface area contributed by atoms with Crippen molar-refractivity contribution in [1.29, 1.82) is 0 Å². The van der Waals surface area contributed by atoms with Crippen LogP contribution in [-0.2, 0) is 9.31 Å². The highest BCUT2D eigenvalue weighted by Gasteiger charge is 2.52. The summed E-state index contributed by atoms with van der Waals surface area (Å²) in [5, 5.41) is 4.32. The summed E-state index contributed by atoms with van der Waals surface area (Å²) in [6, 6.07) is 10.8. The van der Waals surface area contributed by atoms with E-state index in [2.05, 4.69) is 32.2 Å². The maximum absolute atomic E-state index is 15.5. The minimum Gasteiger partial charge on any atom is -0.489 e. The monoisotopic (exact) mass is 529 g/mol. The van der Waals surface area contributed by atoms with Crippen molar-refractivity contribution >= 4 is 45.9 Å². The molecular weight excluding hydrogens is 496 g/mol. The molecule has 0 bridgehead atoms. The first-order valence-corrected chi connectivity index (χ1v) is 13.4. The Bertz CT molecular complexity index is 1520. The average Bonchev–Trinajstić information content (AvgIpc) is 3.13. The molecule has 2 aliphatic rings. The summed E-state index contributed by atoms with van der Waals surface area (Å²) in [5.74, 6) is 0.697. The number of rotatable bonds is 5. The molecule has 2 aromatic carbocycles. The number of ether oxygens (including phenoxy) is 1. The van der Waals surface area contributed by atoms with Gasteiger partial charge < -0.3 is 24.3 Å². The molecule has 4 aromatic rings. The van der Waals surface area contributed by atoms with Crippen molar-refractivity contribution < 1.29 is 18.4 Å². The Morgan fingerprint density at radius 3 is 2.49 bits per heavy atom. The third kappa shape index (κ3) is 4.81. The lowest BCUT2D eigenvalue weighted by molar-refractivity contribution is 0.00578. The predicted octanol–water partition coefficient (Wildman–Crippen LogP) is 4.83. The molecule has 0 aliphatic carbocycles. The Morgan fingerprint density at radius 1 is 1.00 bits per heavy atom. The van der Waals surface area contributed by atoms with E-state index in [9.17, 15) is 0 Å². The van der Waals surface area contributed by atoms with E-state index >= 15 is 4.39 Å². The van der Waals surface area contributed by atoms with E-state index in [1.165, 1.54) is 6.33 Å². The van der Waals surface area contributed by atoms with Crippen molar-refractivity contribution in [2.24, 2.45) is 0 Å². The number of nitrogens with zero attached hydrogens (tertiary/aromatic N) is 4. The molecule has 0 saturated carbocycles. The predicted molar refractivity (Wildman–Crippen MR) is 151 cm³/mol. The van der Waals surface area contributed by atoms with Gasteiger partial charge in [-0.15, -0.1) is 0 Å². The number of piperidine rings is 1. The van der Waals surface area contributed by atoms with Crippen LogP contribution >= 0.6 is 0 Å². The Labute approximate surface area is 228 Å². The number of nitrogens with one attached hydrogen (secondary N) is 1. The summed E-state index contributed by atoms with van der Waals surface area (Å²) in [6.45, 7) is 10.0. The summed E-state index contributed by atoms with van der Waals surface area (Å²) in [6.07, 6.45) is 4.97. The van der Waals surface area contributed by atoms with Crippen molar-refractivity contribution in [1.82, 2.24) is 19.9 Å². The first kappa shape index (κ1) is 25.9. The lowest BCUT2D eigenvalue weighted by Crippen LogP contribution is -2.41. The van der Waals surface area contributed by atoms with E-state index in [0.29, 0.717) is 39.1 Å². The molecule has 0 radical (unpaired) electrons. The molecule has 0 unspecified atom stereocenters. The maximum Gasteiger partial charge on any atom is 0.495 e. The van der Waals surface area contributed by atoms with Crippen LogP contribution in [0.25, 0.3) is 21.8 Å². The molecule has 2 saturated heterocycles. The summed E-state index contributed by atoms with van der Waals surface area (Å²) in [5.41, 5.74) is 1.40. The Morgan fingerprint density at radius 2 is 1.74 bits per heavy atom. The fourth-order valence-corrected chi connectivity index (χ4v) is 5.10. The first-order chi connectivity index (χ1) is 18.6. The van der Waals surface area contributed by atoms with E-state index < -0.39 is 18.3 Å². The van der Waals surface area contributed by atoms with Gasteiger partial charge in [-0.2, -0.15) is 0 Å². The molecule has 2 fully saturated rings. The van der Waals surface area contributed by atoms with Crippen molar-refractivity contribution in [2.75, 3.05) is 25.5 Å². The van der Waals surface area contributed by atoms with Crippen molar-refractivity contribution in [3.8, 4) is 5.75 Å². The summed E-state index contributed by atoms with van der Waals surface area (Å²) in [7, 11) is 1.55. The number of hydrogen-bond donors (Lipinski definition) is 1. The molecular formula is C29H33BFN5O3. The number of likely N-dealkylation sites (tertiary alicyclic amines) is 1. The van der Waals surface area contributed by atoms with E-state index in [4.69, 9.17) is 14.0 Å². The Hall–Kier alpha value is -3.34. The number of benzene rings is 2. The second-order valence-electron chi connectivity index (χ2n) is 11.5. The highest BCUT2D eigenvalue weighted by molar-refractivity contribution is 6.62. The molecule has 39 heavy (non-hydrogen) atoms. The lowest BCUT2D eigenvalue weighted by Gasteiger charge is -2.32. The third-order valence-electron chi connectivity index (χ3n) is 8.18. The number of hydrogen-bond acceptors (Lipinski definition) is 8. The molecule has 0 spiro atoms. The van der Waals surface area contributed by atoms with Gasteiger partial charge >= 0.3 is 7.12 Å². The van der Waals surface area contributed by atoms with Gasteiger partial charge in [0, 0.05) is 24.7 Å². The standard InChI is InChI=1S/C29H33BFN5O3/c1-28(2)29(3,4)39-30(38-28)18-15-23-25(24(16-18)37-19-10-13-36(5)14-11-19)27(34-17-33-23)35-22-9-8-21-20(26(22)31)7-6-12-32-21/h6-9,12,15-17,19H,10-11,13-14H2,1-5H3,(H,33,34,35). The molecule has 1 N–H and O–H groups in total. The van der Waals surface area contributed by atoms with Gasteiger partial charge in [-0.25, -0.2) is 14.4 Å². The van der Waals surface area contributed by atoms with E-state index in [0.717, 1.165) is 31.4 Å². The largest absolute Gasteiger partial charge is 0.495 e. The van der Waals surface area contributed by atoms with Crippen molar-refractivity contribution in [3.63, 3.8) is 0 Å². The van der Waals surface area contributed by atoms with Crippen LogP contribution in [0.4, 0.5) is 15.9 Å². The van der Waals surface area contributed by atoms with Gasteiger partial charge in [-0.05, 0) is 89.4 Å². The Kier molecular flexibility index (Phi) is 6.44. The zero-order chi connectivity index (χ0) is 27.4. The smallest absolute Gasteiger partial charge is 0.489 e. The van der Waals surface area contributed by atoms with Gasteiger partial charge in [0.25, 0.3) is 0 Å². The second kappa shape index (κ2) is 9.69. The van der Waals surface area contributed by atoms with E-state index in [1.54, 1.807) is 30.5 Å². The molecule has 2 aromatic heterocycles. The zero-order valence-corrected chi connectivity index (χ0v) is 23.0. The molecule has 202 valence electrons. The normalized spacial score (nSPS) is 19.6. The quantitative estimate of drug-likeness (QED) is 0.368. The summed E-state index contributed by atoms with van der Waals surface area (Å²) < 4.78 is 34.8. The highest BCUT2D eigenvalue weighted by Crippen LogP contribution is 2.39. The van der Waals surface area contributed by atoms with Gasteiger partial charge in [0.2, 0.25) is 0 Å². The first-order valence-electron chi connectivity index (χ1n) is 13.4. The van der Waals surface area contributed by atoms with E-state index in [-0.39, 0.29) is 11.9 Å². The fourth-order valence-electron chi connectivity index (χ4n) is 5.10. The molecule has 2 aliphatic heterocycles. The maximum atomic E-state index is 15.5. The second-order valence-corrected chi connectivity index (χ2v) is 11.5. The topological polar surface area (TPSA) is 81.6 Å². The van der Waals surface area contributed by atoms with E-state index in [1.807, 2.05) is 39.8 Å². The number of pyridine rings is 1. The lowest BCUT2D eigenvalue weighted by atomic mass is 9.78. The minimum absolute atomic E-state index is 0.0366. The van der Waals surface area contributed by atoms with Crippen LogP contribution in [0.3, 0.4) is 0 Å². The SMILES string of the molecule is CN1CCC(Oc2cc(B3OC(C)(C)C(C)(C)O3)cc3ncnc(Nc4ccc5ncccc5c4F)c23)CC1. The Balaban J connectivity index is 1.43. The third-order valence-corrected chi connectivity index (χ3v) is 8.18. The van der Waals surface area contributed by atoms with Crippen LogP contribution in [-0.4, -0.2) is 64.4 Å². The van der Waals surface area contributed by atoms with Crippen LogP contribution in [0.2, 0.25) is 0 Å². The summed E-state index contributed by atoms with van der Waals surface area (Å²) >= 11 is 0. The van der Waals surface area contributed by atoms with Crippen molar-refractivity contribution in [2.45, 2.75) is 57.8 Å². The highest BCUT2D eigenvalue weighted by atomic mass is 19.1. The van der Waals surface area contributed by atoms with Crippen LogP contribution in [0.5, 0.6) is 5.75 Å². The van der Waals surface area contributed by atoms with Gasteiger partial charge in [-0.3, -0.25) is 4.98 Å². The van der Waals surface area contributed by atoms with Crippen LogP contribution in [0, 0.1) is 5.82 Å². The van der Waals surface area contributed by atoms with Crippen molar-refractivity contribution in [3.05, 3.63) is 54.7 Å². The molecule has 0 atom stereocenters. The fraction of sp³-hybridized carbons (Fsp3) is 0.414. The van der Waals surface area contributed by atoms with Gasteiger partial charge in [0.05, 0.1) is 33.3 Å². The molecule has 0 amide bonds. The van der Waals surface area contributed by atoms with Crippen LogP contribution in [0.1, 0.15) is 40.5 Å². The number of halogens is 1. The minimum atomic E-state index is -0.573. The summed E-state index contributed by atoms with van der Waals surface area (Å²) in [4.78, 5) is 15.6.